The van der Waals surface area contributed by atoms with Crippen molar-refractivity contribution < 1.29 is 18.0 Å². The van der Waals surface area contributed by atoms with E-state index in [0.29, 0.717) is 44.4 Å². The fourth-order valence-corrected chi connectivity index (χ4v) is 3.15. The molecule has 128 valence electrons. The van der Waals surface area contributed by atoms with E-state index >= 15 is 0 Å². The zero-order chi connectivity index (χ0) is 15.7. The predicted molar refractivity (Wildman–Crippen MR) is 82.3 cm³/mol. The van der Waals surface area contributed by atoms with Crippen LogP contribution >= 0.6 is 12.4 Å². The SMILES string of the molecule is Cl.O=C(c1c(F)cc(F)cc1F)N1CCN(C2CCNC2)CC1. The van der Waals surface area contributed by atoms with Gasteiger partial charge in [0.15, 0.2) is 0 Å². The highest BCUT2D eigenvalue weighted by molar-refractivity contribution is 5.94. The number of rotatable bonds is 2. The van der Waals surface area contributed by atoms with Crippen molar-refractivity contribution in [2.45, 2.75) is 12.5 Å². The molecule has 1 aromatic carbocycles. The topological polar surface area (TPSA) is 35.6 Å². The van der Waals surface area contributed by atoms with Gasteiger partial charge < -0.3 is 10.2 Å². The molecule has 3 rings (SSSR count). The van der Waals surface area contributed by atoms with Crippen LogP contribution in [-0.2, 0) is 0 Å². The molecule has 0 saturated carbocycles. The molecule has 1 unspecified atom stereocenters. The summed E-state index contributed by atoms with van der Waals surface area (Å²) in [4.78, 5) is 16.0. The van der Waals surface area contributed by atoms with Crippen molar-refractivity contribution in [3.63, 3.8) is 0 Å². The third-order valence-corrected chi connectivity index (χ3v) is 4.37. The molecule has 23 heavy (non-hydrogen) atoms. The highest BCUT2D eigenvalue weighted by Gasteiger charge is 2.30. The Kier molecular flexibility index (Phi) is 5.89. The first-order chi connectivity index (χ1) is 10.6. The van der Waals surface area contributed by atoms with Crippen LogP contribution in [0.3, 0.4) is 0 Å². The Labute approximate surface area is 139 Å². The second-order valence-electron chi connectivity index (χ2n) is 5.72. The van der Waals surface area contributed by atoms with Crippen molar-refractivity contribution >= 4 is 18.3 Å². The van der Waals surface area contributed by atoms with Gasteiger partial charge >= 0.3 is 0 Å². The van der Waals surface area contributed by atoms with Crippen LogP contribution in [0.25, 0.3) is 0 Å². The Morgan fingerprint density at radius 1 is 1.09 bits per heavy atom. The highest BCUT2D eigenvalue weighted by Crippen LogP contribution is 2.19. The van der Waals surface area contributed by atoms with Crippen LogP contribution in [0.4, 0.5) is 13.2 Å². The summed E-state index contributed by atoms with van der Waals surface area (Å²) in [5.74, 6) is -4.03. The van der Waals surface area contributed by atoms with Gasteiger partial charge in [-0.25, -0.2) is 13.2 Å². The molecule has 0 radical (unpaired) electrons. The van der Waals surface area contributed by atoms with Gasteiger partial charge in [-0.1, -0.05) is 0 Å². The number of hydrogen-bond donors (Lipinski definition) is 1. The molecule has 0 aliphatic carbocycles. The quantitative estimate of drug-likeness (QED) is 0.882. The smallest absolute Gasteiger partial charge is 0.259 e. The highest BCUT2D eigenvalue weighted by atomic mass is 35.5. The fourth-order valence-electron chi connectivity index (χ4n) is 3.15. The van der Waals surface area contributed by atoms with E-state index in [1.54, 1.807) is 0 Å². The molecule has 1 N–H and O–H groups in total. The Balaban J connectivity index is 0.00000192. The van der Waals surface area contributed by atoms with Gasteiger partial charge in [-0.15, -0.1) is 12.4 Å². The number of nitrogens with one attached hydrogen (secondary N) is 1. The second kappa shape index (κ2) is 7.51. The lowest BCUT2D eigenvalue weighted by Crippen LogP contribution is -2.52. The van der Waals surface area contributed by atoms with Gasteiger partial charge in [0.05, 0.1) is 0 Å². The summed E-state index contributed by atoms with van der Waals surface area (Å²) in [6.07, 6.45) is 1.08. The van der Waals surface area contributed by atoms with Gasteiger partial charge in [-0.2, -0.15) is 0 Å². The standard InChI is InChI=1S/C15H18F3N3O.ClH/c16-10-7-12(17)14(13(18)8-10)15(22)21-5-3-20(4-6-21)11-1-2-19-9-11;/h7-8,11,19H,1-6,9H2;1H. The summed E-state index contributed by atoms with van der Waals surface area (Å²) in [5, 5.41) is 3.29. The first kappa shape index (κ1) is 18.0. The van der Waals surface area contributed by atoms with E-state index in [0.717, 1.165) is 19.5 Å². The zero-order valence-electron chi connectivity index (χ0n) is 12.5. The molecule has 2 aliphatic rings. The normalized spacial score (nSPS) is 22.0. The molecular weight excluding hydrogens is 331 g/mol. The van der Waals surface area contributed by atoms with Crippen LogP contribution in [0.5, 0.6) is 0 Å². The molecule has 0 bridgehead atoms. The summed E-state index contributed by atoms with van der Waals surface area (Å²) >= 11 is 0. The van der Waals surface area contributed by atoms with Crippen molar-refractivity contribution in [3.8, 4) is 0 Å². The van der Waals surface area contributed by atoms with Gasteiger partial charge in [0.25, 0.3) is 5.91 Å². The number of carbonyl (C=O) groups excluding carboxylic acids is 1. The Bertz CT molecular complexity index is 550. The van der Waals surface area contributed by atoms with E-state index in [2.05, 4.69) is 10.2 Å². The van der Waals surface area contributed by atoms with Crippen molar-refractivity contribution in [3.05, 3.63) is 35.1 Å². The lowest BCUT2D eigenvalue weighted by molar-refractivity contribution is 0.0574. The molecular formula is C15H19ClF3N3O. The number of halogens is 4. The van der Waals surface area contributed by atoms with Crippen LogP contribution in [0.2, 0.25) is 0 Å². The summed E-state index contributed by atoms with van der Waals surface area (Å²) in [7, 11) is 0. The minimum Gasteiger partial charge on any atom is -0.336 e. The van der Waals surface area contributed by atoms with Crippen molar-refractivity contribution in [1.82, 2.24) is 15.1 Å². The molecule has 1 aromatic rings. The van der Waals surface area contributed by atoms with Gasteiger partial charge in [0, 0.05) is 50.9 Å². The molecule has 2 aliphatic heterocycles. The van der Waals surface area contributed by atoms with E-state index in [1.165, 1.54) is 4.90 Å². The number of nitrogens with zero attached hydrogens (tertiary/aromatic N) is 2. The van der Waals surface area contributed by atoms with E-state index in [9.17, 15) is 18.0 Å². The minimum absolute atomic E-state index is 0. The molecule has 1 amide bonds. The summed E-state index contributed by atoms with van der Waals surface area (Å²) in [5.41, 5.74) is -0.669. The third-order valence-electron chi connectivity index (χ3n) is 4.37. The first-order valence-electron chi connectivity index (χ1n) is 7.45. The average Bonchev–Trinajstić information content (AvgIpc) is 3.00. The van der Waals surface area contributed by atoms with Crippen molar-refractivity contribution in [1.29, 1.82) is 0 Å². The number of amides is 1. The lowest BCUT2D eigenvalue weighted by atomic mass is 10.1. The number of piperazine rings is 1. The fraction of sp³-hybridized carbons (Fsp3) is 0.533. The number of carbonyl (C=O) groups is 1. The van der Waals surface area contributed by atoms with Gasteiger partial charge in [0.1, 0.15) is 23.0 Å². The molecule has 2 saturated heterocycles. The van der Waals surface area contributed by atoms with Crippen LogP contribution in [0, 0.1) is 17.5 Å². The van der Waals surface area contributed by atoms with Crippen molar-refractivity contribution in [2.75, 3.05) is 39.3 Å². The van der Waals surface area contributed by atoms with E-state index < -0.39 is 28.9 Å². The Morgan fingerprint density at radius 2 is 1.70 bits per heavy atom. The molecule has 4 nitrogen and oxygen atoms in total. The number of benzene rings is 1. The Hall–Kier alpha value is -1.31. The van der Waals surface area contributed by atoms with Gasteiger partial charge in [-0.3, -0.25) is 9.69 Å². The average molecular weight is 350 g/mol. The maximum Gasteiger partial charge on any atom is 0.259 e. The van der Waals surface area contributed by atoms with Crippen LogP contribution in [-0.4, -0.2) is 61.0 Å². The van der Waals surface area contributed by atoms with E-state index in [1.807, 2.05) is 0 Å². The van der Waals surface area contributed by atoms with E-state index in [4.69, 9.17) is 0 Å². The maximum absolute atomic E-state index is 13.7. The van der Waals surface area contributed by atoms with E-state index in [-0.39, 0.29) is 12.4 Å². The monoisotopic (exact) mass is 349 g/mol. The van der Waals surface area contributed by atoms with Crippen LogP contribution < -0.4 is 5.32 Å². The first-order valence-corrected chi connectivity index (χ1v) is 7.45. The zero-order valence-corrected chi connectivity index (χ0v) is 13.3. The number of hydrogen-bond acceptors (Lipinski definition) is 3. The van der Waals surface area contributed by atoms with Crippen molar-refractivity contribution in [2.24, 2.45) is 0 Å². The molecule has 0 aromatic heterocycles. The lowest BCUT2D eigenvalue weighted by Gasteiger charge is -2.37. The minimum atomic E-state index is -1.15. The molecule has 2 heterocycles. The van der Waals surface area contributed by atoms with Gasteiger partial charge in [-0.05, 0) is 13.0 Å². The second-order valence-corrected chi connectivity index (χ2v) is 5.72. The van der Waals surface area contributed by atoms with Crippen LogP contribution in [0.15, 0.2) is 12.1 Å². The molecule has 0 spiro atoms. The van der Waals surface area contributed by atoms with Gasteiger partial charge in [0.2, 0.25) is 0 Å². The molecule has 8 heteroatoms. The maximum atomic E-state index is 13.7. The third kappa shape index (κ3) is 3.79. The summed E-state index contributed by atoms with van der Waals surface area (Å²) in [6, 6.07) is 1.55. The molecule has 1 atom stereocenters. The Morgan fingerprint density at radius 3 is 2.22 bits per heavy atom. The summed E-state index contributed by atoms with van der Waals surface area (Å²) < 4.78 is 40.3. The predicted octanol–water partition coefficient (Wildman–Crippen LogP) is 1.65. The molecule has 2 fully saturated rings. The largest absolute Gasteiger partial charge is 0.336 e. The summed E-state index contributed by atoms with van der Waals surface area (Å²) in [6.45, 7) is 4.15. The van der Waals surface area contributed by atoms with Crippen LogP contribution in [0.1, 0.15) is 16.8 Å².